The van der Waals surface area contributed by atoms with Crippen molar-refractivity contribution in [3.05, 3.63) is 65.9 Å². The molecule has 5 rings (SSSR count). The lowest BCUT2D eigenvalue weighted by molar-refractivity contribution is -0.170. The number of aryl methyl sites for hydroxylation is 1. The van der Waals surface area contributed by atoms with Crippen molar-refractivity contribution in [2.24, 2.45) is 0 Å². The number of anilines is 1. The summed E-state index contributed by atoms with van der Waals surface area (Å²) in [5.74, 6) is 0.838. The zero-order valence-electron chi connectivity index (χ0n) is 19.9. The van der Waals surface area contributed by atoms with Crippen LogP contribution in [0, 0.1) is 6.92 Å². The van der Waals surface area contributed by atoms with Crippen molar-refractivity contribution in [1.29, 1.82) is 0 Å². The first kappa shape index (κ1) is 23.1. The second kappa shape index (κ2) is 11.2. The van der Waals surface area contributed by atoms with Crippen molar-refractivity contribution in [3.63, 3.8) is 0 Å². The van der Waals surface area contributed by atoms with Crippen LogP contribution in [-0.4, -0.2) is 50.3 Å². The van der Waals surface area contributed by atoms with Crippen molar-refractivity contribution in [2.75, 3.05) is 37.8 Å². The molecular weight excluding hydrogens is 428 g/mol. The number of hydrogen-bond donors (Lipinski definition) is 0. The summed E-state index contributed by atoms with van der Waals surface area (Å²) in [4.78, 5) is 7.20. The summed E-state index contributed by atoms with van der Waals surface area (Å²) < 4.78 is 23.6. The first-order valence-electron chi connectivity index (χ1n) is 12.4. The fraction of sp³-hybridized carbons (Fsp3) is 0.464. The minimum atomic E-state index is -0.0508. The normalized spacial score (nSPS) is 20.7. The molecule has 6 nitrogen and oxygen atoms in total. The summed E-state index contributed by atoms with van der Waals surface area (Å²) in [5.41, 5.74) is 4.34. The molecule has 0 spiro atoms. The Kier molecular flexibility index (Phi) is 7.59. The summed E-state index contributed by atoms with van der Waals surface area (Å²) in [5, 5.41) is 1.15. The number of pyridine rings is 1. The van der Waals surface area contributed by atoms with Gasteiger partial charge in [0.05, 0.1) is 24.8 Å². The average molecular weight is 463 g/mol. The van der Waals surface area contributed by atoms with Crippen molar-refractivity contribution in [1.82, 2.24) is 4.98 Å². The average Bonchev–Trinajstić information content (AvgIpc) is 3.35. The number of aromatic nitrogens is 1. The molecule has 0 saturated carbocycles. The quantitative estimate of drug-likeness (QED) is 0.404. The van der Waals surface area contributed by atoms with Crippen LogP contribution in [0.3, 0.4) is 0 Å². The molecule has 2 unspecified atom stereocenters. The van der Waals surface area contributed by atoms with Gasteiger partial charge in [-0.2, -0.15) is 0 Å². The van der Waals surface area contributed by atoms with E-state index in [1.165, 1.54) is 12.1 Å². The number of hydrogen-bond acceptors (Lipinski definition) is 6. The van der Waals surface area contributed by atoms with Gasteiger partial charge in [0.2, 0.25) is 0 Å². The maximum atomic E-state index is 6.12. The lowest BCUT2D eigenvalue weighted by atomic mass is 10.1. The first-order valence-corrected chi connectivity index (χ1v) is 12.4. The zero-order valence-corrected chi connectivity index (χ0v) is 19.9. The van der Waals surface area contributed by atoms with E-state index in [-0.39, 0.29) is 12.4 Å². The van der Waals surface area contributed by atoms with Gasteiger partial charge >= 0.3 is 0 Å². The Morgan fingerprint density at radius 1 is 1.00 bits per heavy atom. The van der Waals surface area contributed by atoms with E-state index in [0.29, 0.717) is 19.8 Å². The largest absolute Gasteiger partial charge is 0.489 e. The number of benzene rings is 2. The predicted octanol–water partition coefficient (Wildman–Crippen LogP) is 5.26. The highest BCUT2D eigenvalue weighted by Gasteiger charge is 2.25. The van der Waals surface area contributed by atoms with Crippen molar-refractivity contribution >= 4 is 16.6 Å². The highest BCUT2D eigenvalue weighted by Crippen LogP contribution is 2.32. The Balaban J connectivity index is 1.18. The minimum absolute atomic E-state index is 0.0508. The van der Waals surface area contributed by atoms with Crippen LogP contribution in [0.1, 0.15) is 36.9 Å². The molecule has 34 heavy (non-hydrogen) atoms. The van der Waals surface area contributed by atoms with E-state index in [1.807, 2.05) is 30.3 Å². The topological polar surface area (TPSA) is 53.1 Å². The molecule has 3 aromatic rings. The van der Waals surface area contributed by atoms with Crippen LogP contribution >= 0.6 is 0 Å². The first-order chi connectivity index (χ1) is 16.7. The fourth-order valence-corrected chi connectivity index (χ4v) is 4.73. The van der Waals surface area contributed by atoms with Gasteiger partial charge in [0.1, 0.15) is 12.4 Å². The third-order valence-electron chi connectivity index (χ3n) is 6.50. The molecule has 0 radical (unpaired) electrons. The van der Waals surface area contributed by atoms with Gasteiger partial charge in [0.25, 0.3) is 0 Å². The highest BCUT2D eigenvalue weighted by molar-refractivity contribution is 5.93. The Morgan fingerprint density at radius 3 is 2.74 bits per heavy atom. The maximum Gasteiger partial charge on any atom is 0.157 e. The standard InChI is InChI=1S/C28H34N2O4/c1-21-17-27(30-13-12-24(19-30)31-15-16-33-28-9-5-6-14-32-28)25-11-10-23(18-26(25)29-21)34-20-22-7-3-2-4-8-22/h2-4,7-8,10-11,17-18,24,28H,5-6,9,12-16,19-20H2,1H3. The van der Waals surface area contributed by atoms with Gasteiger partial charge in [-0.3, -0.25) is 4.98 Å². The van der Waals surface area contributed by atoms with Gasteiger partial charge in [0, 0.05) is 42.5 Å². The maximum absolute atomic E-state index is 6.12. The Hall–Kier alpha value is -2.67. The van der Waals surface area contributed by atoms with Crippen LogP contribution in [0.15, 0.2) is 54.6 Å². The monoisotopic (exact) mass is 462 g/mol. The second-order valence-electron chi connectivity index (χ2n) is 9.13. The van der Waals surface area contributed by atoms with Crippen LogP contribution in [0.2, 0.25) is 0 Å². The molecule has 6 heteroatoms. The van der Waals surface area contributed by atoms with Crippen LogP contribution in [0.5, 0.6) is 5.75 Å². The van der Waals surface area contributed by atoms with E-state index in [2.05, 4.69) is 36.1 Å². The fourth-order valence-electron chi connectivity index (χ4n) is 4.73. The molecule has 0 bridgehead atoms. The molecule has 3 heterocycles. The minimum Gasteiger partial charge on any atom is -0.489 e. The lowest BCUT2D eigenvalue weighted by Crippen LogP contribution is -2.26. The summed E-state index contributed by atoms with van der Waals surface area (Å²) in [7, 11) is 0. The third-order valence-corrected chi connectivity index (χ3v) is 6.50. The second-order valence-corrected chi connectivity index (χ2v) is 9.13. The highest BCUT2D eigenvalue weighted by atomic mass is 16.7. The van der Waals surface area contributed by atoms with Gasteiger partial charge in [-0.15, -0.1) is 0 Å². The van der Waals surface area contributed by atoms with Gasteiger partial charge < -0.3 is 23.8 Å². The molecule has 2 saturated heterocycles. The van der Waals surface area contributed by atoms with Gasteiger partial charge in [0.15, 0.2) is 6.29 Å². The van der Waals surface area contributed by atoms with Crippen molar-refractivity contribution in [3.8, 4) is 5.75 Å². The molecule has 0 aliphatic carbocycles. The molecule has 2 aliphatic heterocycles. The van der Waals surface area contributed by atoms with E-state index in [9.17, 15) is 0 Å². The molecule has 2 fully saturated rings. The van der Waals surface area contributed by atoms with E-state index in [1.54, 1.807) is 0 Å². The van der Waals surface area contributed by atoms with Gasteiger partial charge in [-0.1, -0.05) is 30.3 Å². The number of rotatable bonds is 9. The van der Waals surface area contributed by atoms with Crippen molar-refractivity contribution in [2.45, 2.75) is 51.6 Å². The molecule has 180 valence electrons. The van der Waals surface area contributed by atoms with E-state index in [4.69, 9.17) is 23.9 Å². The molecule has 2 atom stereocenters. The zero-order chi connectivity index (χ0) is 23.2. The van der Waals surface area contributed by atoms with E-state index < -0.39 is 0 Å². The Bertz CT molecular complexity index is 1070. The molecule has 2 aliphatic rings. The lowest BCUT2D eigenvalue weighted by Gasteiger charge is -2.23. The van der Waals surface area contributed by atoms with E-state index in [0.717, 1.165) is 66.9 Å². The summed E-state index contributed by atoms with van der Waals surface area (Å²) in [6.45, 7) is 6.46. The summed E-state index contributed by atoms with van der Waals surface area (Å²) in [6.07, 6.45) is 4.49. The molecule has 2 aromatic carbocycles. The SMILES string of the molecule is Cc1cc(N2CCC(OCCOC3CCCCO3)C2)c2ccc(OCc3ccccc3)cc2n1. The van der Waals surface area contributed by atoms with Gasteiger partial charge in [-0.25, -0.2) is 0 Å². The van der Waals surface area contributed by atoms with Crippen molar-refractivity contribution < 1.29 is 18.9 Å². The number of fused-ring (bicyclic) bond motifs is 1. The third kappa shape index (κ3) is 5.87. The number of ether oxygens (including phenoxy) is 4. The van der Waals surface area contributed by atoms with Crippen LogP contribution in [-0.2, 0) is 20.8 Å². The number of nitrogens with zero attached hydrogens (tertiary/aromatic N) is 2. The molecule has 1 aromatic heterocycles. The van der Waals surface area contributed by atoms with Crippen LogP contribution < -0.4 is 9.64 Å². The van der Waals surface area contributed by atoms with E-state index >= 15 is 0 Å². The molecular formula is C28H34N2O4. The smallest absolute Gasteiger partial charge is 0.157 e. The van der Waals surface area contributed by atoms with Gasteiger partial charge in [-0.05, 0) is 56.4 Å². The molecule has 0 N–H and O–H groups in total. The van der Waals surface area contributed by atoms with Crippen LogP contribution in [0.4, 0.5) is 5.69 Å². The van der Waals surface area contributed by atoms with Crippen LogP contribution in [0.25, 0.3) is 10.9 Å². The summed E-state index contributed by atoms with van der Waals surface area (Å²) in [6, 6.07) is 18.6. The molecule has 0 amide bonds. The summed E-state index contributed by atoms with van der Waals surface area (Å²) >= 11 is 0. The predicted molar refractivity (Wildman–Crippen MR) is 133 cm³/mol. The Labute approximate surface area is 201 Å². The Morgan fingerprint density at radius 2 is 1.88 bits per heavy atom.